The molecule has 0 aliphatic heterocycles. The number of amides is 2. The van der Waals surface area contributed by atoms with E-state index in [0.717, 1.165) is 12.0 Å². The van der Waals surface area contributed by atoms with E-state index in [4.69, 9.17) is 4.74 Å². The number of rotatable bonds is 12. The van der Waals surface area contributed by atoms with Crippen molar-refractivity contribution in [1.29, 1.82) is 0 Å². The van der Waals surface area contributed by atoms with Crippen molar-refractivity contribution in [2.45, 2.75) is 44.8 Å². The number of unbranched alkanes of at least 4 members (excludes halogenated alkanes) is 2. The second-order valence-electron chi connectivity index (χ2n) is 6.91. The Morgan fingerprint density at radius 3 is 2.55 bits per heavy atom. The Balaban J connectivity index is 1.58. The molecule has 1 aromatic heterocycles. The Morgan fingerprint density at radius 2 is 1.84 bits per heavy atom. The summed E-state index contributed by atoms with van der Waals surface area (Å²) in [6.45, 7) is 0.662. The largest absolute Gasteiger partial charge is 0.480 e. The number of benzene rings is 1. The molecule has 0 aliphatic carbocycles. The third-order valence-corrected chi connectivity index (χ3v) is 5.17. The SMILES string of the molecule is O=C(CCCCCNC(=O)OCc1ccccc1)N[C@H](Cc1cccnc1Br)C(=O)O. The van der Waals surface area contributed by atoms with Crippen molar-refractivity contribution in [2.24, 2.45) is 0 Å². The van der Waals surface area contributed by atoms with Crippen LogP contribution in [0.5, 0.6) is 0 Å². The molecule has 0 bridgehead atoms. The monoisotopic (exact) mass is 491 g/mol. The van der Waals surface area contributed by atoms with Gasteiger partial charge in [-0.25, -0.2) is 14.6 Å². The summed E-state index contributed by atoms with van der Waals surface area (Å²) in [5.74, 6) is -1.41. The van der Waals surface area contributed by atoms with Crippen LogP contribution in [0.1, 0.15) is 36.8 Å². The normalized spacial score (nSPS) is 11.4. The van der Waals surface area contributed by atoms with Gasteiger partial charge in [0.25, 0.3) is 0 Å². The van der Waals surface area contributed by atoms with Crippen molar-refractivity contribution >= 4 is 33.9 Å². The van der Waals surface area contributed by atoms with Gasteiger partial charge in [0.1, 0.15) is 17.3 Å². The molecule has 2 aromatic rings. The molecular formula is C22H26BrN3O5. The molecule has 3 N–H and O–H groups in total. The van der Waals surface area contributed by atoms with Gasteiger partial charge in [-0.2, -0.15) is 0 Å². The van der Waals surface area contributed by atoms with Crippen LogP contribution in [-0.2, 0) is 27.4 Å². The second-order valence-corrected chi connectivity index (χ2v) is 7.67. The van der Waals surface area contributed by atoms with Gasteiger partial charge in [0.2, 0.25) is 5.91 Å². The standard InChI is InChI=1S/C22H26BrN3O5/c23-20-17(10-7-13-24-20)14-18(21(28)29)26-19(27)11-5-2-6-12-25-22(30)31-15-16-8-3-1-4-9-16/h1,3-4,7-10,13,18H,2,5-6,11-12,14-15H2,(H,25,30)(H,26,27)(H,28,29)/t18-/m1/s1. The molecule has 166 valence electrons. The van der Waals surface area contributed by atoms with Crippen molar-refractivity contribution in [3.05, 3.63) is 64.4 Å². The zero-order chi connectivity index (χ0) is 22.5. The van der Waals surface area contributed by atoms with Crippen LogP contribution in [0.2, 0.25) is 0 Å². The fraction of sp³-hybridized carbons (Fsp3) is 0.364. The van der Waals surface area contributed by atoms with E-state index in [0.29, 0.717) is 29.6 Å². The summed E-state index contributed by atoms with van der Waals surface area (Å²) < 4.78 is 5.68. The highest BCUT2D eigenvalue weighted by atomic mass is 79.9. The number of ether oxygens (including phenoxy) is 1. The number of alkyl carbamates (subject to hydrolysis) is 1. The lowest BCUT2D eigenvalue weighted by atomic mass is 10.1. The van der Waals surface area contributed by atoms with Gasteiger partial charge in [0.05, 0.1) is 0 Å². The fourth-order valence-electron chi connectivity index (χ4n) is 2.81. The van der Waals surface area contributed by atoms with E-state index in [-0.39, 0.29) is 25.4 Å². The fourth-order valence-corrected chi connectivity index (χ4v) is 3.22. The third-order valence-electron chi connectivity index (χ3n) is 4.46. The maximum atomic E-state index is 12.1. The van der Waals surface area contributed by atoms with E-state index in [1.165, 1.54) is 0 Å². The summed E-state index contributed by atoms with van der Waals surface area (Å²) in [6.07, 6.45) is 3.49. The molecule has 0 saturated heterocycles. The Morgan fingerprint density at radius 1 is 1.06 bits per heavy atom. The predicted molar refractivity (Wildman–Crippen MR) is 118 cm³/mol. The van der Waals surface area contributed by atoms with E-state index in [1.54, 1.807) is 18.3 Å². The molecule has 2 amide bonds. The minimum Gasteiger partial charge on any atom is -0.480 e. The van der Waals surface area contributed by atoms with Crippen LogP contribution in [0, 0.1) is 0 Å². The number of hydrogen-bond acceptors (Lipinski definition) is 5. The topological polar surface area (TPSA) is 118 Å². The van der Waals surface area contributed by atoms with Crippen molar-refractivity contribution < 1.29 is 24.2 Å². The minimum absolute atomic E-state index is 0.143. The molecule has 1 heterocycles. The van der Waals surface area contributed by atoms with E-state index in [9.17, 15) is 19.5 Å². The average Bonchev–Trinajstić information content (AvgIpc) is 2.76. The van der Waals surface area contributed by atoms with Gasteiger partial charge in [0.15, 0.2) is 0 Å². The molecule has 0 unspecified atom stereocenters. The van der Waals surface area contributed by atoms with E-state index >= 15 is 0 Å². The van der Waals surface area contributed by atoms with Gasteiger partial charge < -0.3 is 20.5 Å². The Kier molecular flexibility index (Phi) is 10.5. The average molecular weight is 492 g/mol. The smallest absolute Gasteiger partial charge is 0.407 e. The van der Waals surface area contributed by atoms with Gasteiger partial charge in [-0.05, 0) is 46.0 Å². The first-order valence-corrected chi connectivity index (χ1v) is 10.8. The van der Waals surface area contributed by atoms with Crippen molar-refractivity contribution in [3.63, 3.8) is 0 Å². The van der Waals surface area contributed by atoms with E-state index in [1.807, 2.05) is 30.3 Å². The van der Waals surface area contributed by atoms with Crippen LogP contribution in [0.15, 0.2) is 53.3 Å². The van der Waals surface area contributed by atoms with Gasteiger partial charge in [-0.1, -0.05) is 42.8 Å². The zero-order valence-electron chi connectivity index (χ0n) is 17.1. The predicted octanol–water partition coefficient (Wildman–Crippen LogP) is 3.44. The quantitative estimate of drug-likeness (QED) is 0.309. The maximum absolute atomic E-state index is 12.1. The van der Waals surface area contributed by atoms with E-state index in [2.05, 4.69) is 31.5 Å². The lowest BCUT2D eigenvalue weighted by Gasteiger charge is -2.15. The summed E-state index contributed by atoms with van der Waals surface area (Å²) in [4.78, 5) is 39.3. The van der Waals surface area contributed by atoms with Crippen LogP contribution in [0.25, 0.3) is 0 Å². The Hall–Kier alpha value is -2.94. The summed E-state index contributed by atoms with van der Waals surface area (Å²) in [5, 5.41) is 14.6. The van der Waals surface area contributed by atoms with Crippen LogP contribution >= 0.6 is 15.9 Å². The summed E-state index contributed by atoms with van der Waals surface area (Å²) in [5.41, 5.74) is 1.62. The lowest BCUT2D eigenvalue weighted by Crippen LogP contribution is -2.42. The van der Waals surface area contributed by atoms with Crippen LogP contribution < -0.4 is 10.6 Å². The summed E-state index contributed by atoms with van der Waals surface area (Å²) in [6, 6.07) is 11.9. The number of nitrogens with one attached hydrogen (secondary N) is 2. The van der Waals surface area contributed by atoms with Gasteiger partial charge in [-0.3, -0.25) is 4.79 Å². The number of carbonyl (C=O) groups is 3. The number of nitrogens with zero attached hydrogens (tertiary/aromatic N) is 1. The lowest BCUT2D eigenvalue weighted by molar-refractivity contribution is -0.141. The number of pyridine rings is 1. The zero-order valence-corrected chi connectivity index (χ0v) is 18.6. The number of carboxylic acid groups (broad SMARTS) is 1. The molecule has 2 rings (SSSR count). The molecule has 0 aliphatic rings. The molecule has 0 spiro atoms. The molecular weight excluding hydrogens is 466 g/mol. The van der Waals surface area contributed by atoms with Crippen LogP contribution in [0.4, 0.5) is 4.79 Å². The van der Waals surface area contributed by atoms with Crippen molar-refractivity contribution in [2.75, 3.05) is 6.54 Å². The summed E-state index contributed by atoms with van der Waals surface area (Å²) in [7, 11) is 0. The first-order chi connectivity index (χ1) is 15.0. The molecule has 0 radical (unpaired) electrons. The molecule has 0 fully saturated rings. The van der Waals surface area contributed by atoms with Crippen molar-refractivity contribution in [3.8, 4) is 0 Å². The Labute approximate surface area is 189 Å². The highest BCUT2D eigenvalue weighted by Gasteiger charge is 2.21. The molecule has 31 heavy (non-hydrogen) atoms. The number of halogens is 1. The number of carboxylic acids is 1. The minimum atomic E-state index is -1.10. The third kappa shape index (κ3) is 9.61. The Bertz CT molecular complexity index is 863. The van der Waals surface area contributed by atoms with E-state index < -0.39 is 18.1 Å². The van der Waals surface area contributed by atoms with Crippen molar-refractivity contribution in [1.82, 2.24) is 15.6 Å². The number of aromatic nitrogens is 1. The number of aliphatic carboxylic acids is 1. The highest BCUT2D eigenvalue weighted by molar-refractivity contribution is 9.10. The maximum Gasteiger partial charge on any atom is 0.407 e. The van der Waals surface area contributed by atoms with Gasteiger partial charge >= 0.3 is 12.1 Å². The second kappa shape index (κ2) is 13.4. The number of carbonyl (C=O) groups excluding carboxylic acids is 2. The first kappa shape index (κ1) is 24.3. The van der Waals surface area contributed by atoms with Gasteiger partial charge in [0, 0.05) is 25.6 Å². The molecule has 9 heteroatoms. The van der Waals surface area contributed by atoms with Crippen LogP contribution in [0.3, 0.4) is 0 Å². The number of hydrogen-bond donors (Lipinski definition) is 3. The molecule has 8 nitrogen and oxygen atoms in total. The molecule has 1 aromatic carbocycles. The summed E-state index contributed by atoms with van der Waals surface area (Å²) >= 11 is 3.28. The first-order valence-electron chi connectivity index (χ1n) is 10.0. The van der Waals surface area contributed by atoms with Crippen LogP contribution in [-0.4, -0.2) is 40.6 Å². The molecule has 0 saturated carbocycles. The highest BCUT2D eigenvalue weighted by Crippen LogP contribution is 2.15. The molecule has 1 atom stereocenters. The van der Waals surface area contributed by atoms with Gasteiger partial charge in [-0.15, -0.1) is 0 Å².